The van der Waals surface area contributed by atoms with Gasteiger partial charge in [0.25, 0.3) is 5.91 Å². The first-order valence-corrected chi connectivity index (χ1v) is 9.14. The van der Waals surface area contributed by atoms with Crippen molar-refractivity contribution < 1.29 is 9.59 Å². The molecule has 2 aromatic rings. The Morgan fingerprint density at radius 3 is 2.76 bits per heavy atom. The maximum absolute atomic E-state index is 12.5. The fourth-order valence-electron chi connectivity index (χ4n) is 2.64. The summed E-state index contributed by atoms with van der Waals surface area (Å²) in [4.78, 5) is 32.8. The molecule has 0 spiro atoms. The first kappa shape index (κ1) is 17.5. The summed E-state index contributed by atoms with van der Waals surface area (Å²) in [6.07, 6.45) is 2.12. The van der Waals surface area contributed by atoms with Gasteiger partial charge >= 0.3 is 0 Å². The van der Waals surface area contributed by atoms with E-state index in [-0.39, 0.29) is 17.2 Å². The maximum Gasteiger partial charge on any atom is 0.276 e. The molecule has 1 atom stereocenters. The van der Waals surface area contributed by atoms with Crippen molar-refractivity contribution in [3.05, 3.63) is 51.5 Å². The number of rotatable bonds is 4. The van der Waals surface area contributed by atoms with Gasteiger partial charge in [0.1, 0.15) is 0 Å². The molecule has 3 rings (SSSR count). The van der Waals surface area contributed by atoms with E-state index in [2.05, 4.69) is 41.4 Å². The van der Waals surface area contributed by atoms with Crippen LogP contribution in [0.1, 0.15) is 53.3 Å². The number of carbonyl (C=O) groups is 2. The number of nitrogens with one attached hydrogen (secondary N) is 1. The predicted octanol–water partition coefficient (Wildman–Crippen LogP) is 3.11. The second-order valence-corrected chi connectivity index (χ2v) is 8.01. The van der Waals surface area contributed by atoms with Crippen LogP contribution in [0.4, 0.5) is 0 Å². The lowest BCUT2D eigenvalue weighted by Gasteiger charge is -2.18. The van der Waals surface area contributed by atoms with Crippen LogP contribution in [0, 0.1) is 0 Å². The van der Waals surface area contributed by atoms with E-state index in [4.69, 9.17) is 0 Å². The Morgan fingerprint density at radius 2 is 2.04 bits per heavy atom. The van der Waals surface area contributed by atoms with Gasteiger partial charge in [-0.1, -0.05) is 39.0 Å². The molecular weight excluding hydrogens is 334 g/mol. The van der Waals surface area contributed by atoms with Gasteiger partial charge in [0.15, 0.2) is 0 Å². The minimum absolute atomic E-state index is 0.0345. The van der Waals surface area contributed by atoms with Gasteiger partial charge in [0, 0.05) is 35.5 Å². The van der Waals surface area contributed by atoms with Crippen molar-refractivity contribution in [2.45, 2.75) is 38.5 Å². The van der Waals surface area contributed by atoms with E-state index in [1.54, 1.807) is 29.5 Å². The van der Waals surface area contributed by atoms with Gasteiger partial charge in [-0.3, -0.25) is 9.59 Å². The van der Waals surface area contributed by atoms with Crippen LogP contribution >= 0.6 is 11.3 Å². The zero-order valence-corrected chi connectivity index (χ0v) is 15.4. The summed E-state index contributed by atoms with van der Waals surface area (Å²) in [5, 5.41) is 6.02. The fourth-order valence-corrected chi connectivity index (χ4v) is 3.66. The molecule has 0 aliphatic carbocycles. The average Bonchev–Trinajstić information content (AvgIpc) is 3.04. The monoisotopic (exact) mass is 355 g/mol. The SMILES string of the molecule is CC(C)(C)c1csc(CCNC(=O)C2C=NC(=O)c3ccccc32)n1. The van der Waals surface area contributed by atoms with Crippen molar-refractivity contribution in [3.8, 4) is 0 Å². The van der Waals surface area contributed by atoms with E-state index < -0.39 is 5.92 Å². The molecule has 6 heteroatoms. The number of aliphatic imine (C=N–C) groups is 1. The van der Waals surface area contributed by atoms with Gasteiger partial charge in [0.05, 0.1) is 16.6 Å². The molecular formula is C19H21N3O2S. The van der Waals surface area contributed by atoms with Gasteiger partial charge in [-0.25, -0.2) is 9.98 Å². The maximum atomic E-state index is 12.5. The smallest absolute Gasteiger partial charge is 0.276 e. The summed E-state index contributed by atoms with van der Waals surface area (Å²) in [5.41, 5.74) is 2.32. The van der Waals surface area contributed by atoms with Gasteiger partial charge in [0.2, 0.25) is 5.91 Å². The molecule has 1 N–H and O–H groups in total. The standard InChI is InChI=1S/C19H21N3O2S/c1-19(2,3)15-11-25-16(22-15)8-9-20-18(24)14-10-21-17(23)13-7-5-4-6-12(13)14/h4-7,10-11,14H,8-9H2,1-3H3,(H,20,24). The molecule has 0 fully saturated rings. The number of nitrogens with zero attached hydrogens (tertiary/aromatic N) is 2. The summed E-state index contributed by atoms with van der Waals surface area (Å²) in [7, 11) is 0. The van der Waals surface area contributed by atoms with Gasteiger partial charge in [-0.15, -0.1) is 11.3 Å². The highest BCUT2D eigenvalue weighted by Crippen LogP contribution is 2.25. The Bertz CT molecular complexity index is 833. The summed E-state index contributed by atoms with van der Waals surface area (Å²) >= 11 is 1.62. The molecule has 0 bridgehead atoms. The third-order valence-electron chi connectivity index (χ3n) is 4.11. The lowest BCUT2D eigenvalue weighted by Crippen LogP contribution is -2.33. The molecule has 5 nitrogen and oxygen atoms in total. The number of hydrogen-bond donors (Lipinski definition) is 1. The molecule has 2 heterocycles. The molecule has 1 aliphatic rings. The quantitative estimate of drug-likeness (QED) is 0.916. The normalized spacial score (nSPS) is 16.6. The summed E-state index contributed by atoms with van der Waals surface area (Å²) < 4.78 is 0. The molecule has 1 unspecified atom stereocenters. The number of thiazole rings is 1. The van der Waals surface area contributed by atoms with E-state index in [0.29, 0.717) is 24.1 Å². The predicted molar refractivity (Wildman–Crippen MR) is 99.5 cm³/mol. The van der Waals surface area contributed by atoms with E-state index in [9.17, 15) is 9.59 Å². The van der Waals surface area contributed by atoms with Crippen LogP contribution in [-0.4, -0.2) is 29.6 Å². The number of carbonyl (C=O) groups excluding carboxylic acids is 2. The number of amides is 2. The van der Waals surface area contributed by atoms with Crippen LogP contribution in [0.3, 0.4) is 0 Å². The van der Waals surface area contributed by atoms with Crippen molar-refractivity contribution in [2.24, 2.45) is 4.99 Å². The van der Waals surface area contributed by atoms with Gasteiger partial charge < -0.3 is 5.32 Å². The lowest BCUT2D eigenvalue weighted by atomic mass is 9.92. The highest BCUT2D eigenvalue weighted by Gasteiger charge is 2.27. The minimum Gasteiger partial charge on any atom is -0.355 e. The second kappa shape index (κ2) is 6.88. The minimum atomic E-state index is -0.518. The second-order valence-electron chi connectivity index (χ2n) is 7.07. The summed E-state index contributed by atoms with van der Waals surface area (Å²) in [5.74, 6) is -0.955. The van der Waals surface area contributed by atoms with Gasteiger partial charge in [-0.2, -0.15) is 0 Å². The van der Waals surface area contributed by atoms with Crippen molar-refractivity contribution >= 4 is 29.4 Å². The third-order valence-corrected chi connectivity index (χ3v) is 5.02. The zero-order chi connectivity index (χ0) is 18.0. The van der Waals surface area contributed by atoms with Crippen LogP contribution in [0.5, 0.6) is 0 Å². The zero-order valence-electron chi connectivity index (χ0n) is 14.6. The van der Waals surface area contributed by atoms with Crippen molar-refractivity contribution in [1.29, 1.82) is 0 Å². The fraction of sp³-hybridized carbons (Fsp3) is 0.368. The average molecular weight is 355 g/mol. The number of benzene rings is 1. The molecule has 1 aromatic carbocycles. The number of aromatic nitrogens is 1. The van der Waals surface area contributed by atoms with Crippen molar-refractivity contribution in [2.75, 3.05) is 6.54 Å². The molecule has 1 aliphatic heterocycles. The Balaban J connectivity index is 1.61. The Hall–Kier alpha value is -2.34. The lowest BCUT2D eigenvalue weighted by molar-refractivity contribution is -0.121. The molecule has 0 saturated carbocycles. The van der Waals surface area contributed by atoms with E-state index >= 15 is 0 Å². The van der Waals surface area contributed by atoms with Crippen molar-refractivity contribution in [3.63, 3.8) is 0 Å². The third kappa shape index (κ3) is 3.85. The first-order valence-electron chi connectivity index (χ1n) is 8.26. The Kier molecular flexibility index (Phi) is 4.81. The Morgan fingerprint density at radius 1 is 1.28 bits per heavy atom. The largest absolute Gasteiger partial charge is 0.355 e. The topological polar surface area (TPSA) is 71.4 Å². The summed E-state index contributed by atoms with van der Waals surface area (Å²) in [6.45, 7) is 6.91. The molecule has 0 saturated heterocycles. The number of hydrogen-bond acceptors (Lipinski definition) is 4. The summed E-state index contributed by atoms with van der Waals surface area (Å²) in [6, 6.07) is 7.12. The van der Waals surface area contributed by atoms with E-state index in [0.717, 1.165) is 10.7 Å². The number of fused-ring (bicyclic) bond motifs is 1. The highest BCUT2D eigenvalue weighted by atomic mass is 32.1. The van der Waals surface area contributed by atoms with Crippen LogP contribution in [-0.2, 0) is 16.6 Å². The van der Waals surface area contributed by atoms with Crippen molar-refractivity contribution in [1.82, 2.24) is 10.3 Å². The Labute approximate surface area is 151 Å². The van der Waals surface area contributed by atoms with Crippen LogP contribution in [0.2, 0.25) is 0 Å². The van der Waals surface area contributed by atoms with E-state index in [1.807, 2.05) is 6.07 Å². The molecule has 25 heavy (non-hydrogen) atoms. The molecule has 2 amide bonds. The first-order chi connectivity index (χ1) is 11.9. The van der Waals surface area contributed by atoms with Crippen LogP contribution in [0.25, 0.3) is 0 Å². The van der Waals surface area contributed by atoms with Gasteiger partial charge in [-0.05, 0) is 11.6 Å². The molecule has 130 valence electrons. The van der Waals surface area contributed by atoms with Crippen LogP contribution < -0.4 is 5.32 Å². The van der Waals surface area contributed by atoms with Crippen LogP contribution in [0.15, 0.2) is 34.6 Å². The highest BCUT2D eigenvalue weighted by molar-refractivity contribution is 7.09. The van der Waals surface area contributed by atoms with E-state index in [1.165, 1.54) is 6.21 Å². The molecule has 0 radical (unpaired) electrons. The molecule has 1 aromatic heterocycles.